The molecule has 0 aliphatic heterocycles. The Morgan fingerprint density at radius 1 is 1.08 bits per heavy atom. The van der Waals surface area contributed by atoms with Crippen LogP contribution in [-0.2, 0) is 32.3 Å². The smallest absolute Gasteiger partial charge is 0.352 e. The second kappa shape index (κ2) is 13.7. The molecular weight excluding hydrogens is 578 g/mol. The lowest BCUT2D eigenvalue weighted by atomic mass is 10.1. The molecule has 2 atom stereocenters. The first-order valence-corrected chi connectivity index (χ1v) is 14.8. The Labute approximate surface area is 237 Å². The Kier molecular flexibility index (Phi) is 11.5. The second-order valence-corrected chi connectivity index (χ2v) is 12.0. The summed E-state index contributed by atoms with van der Waals surface area (Å²) < 4.78 is 65.2. The highest BCUT2D eigenvalue weighted by molar-refractivity contribution is 7.92. The minimum Gasteiger partial charge on any atom is -0.352 e. The van der Waals surface area contributed by atoms with Gasteiger partial charge in [0.1, 0.15) is 6.04 Å². The van der Waals surface area contributed by atoms with Crippen LogP contribution in [0.3, 0.4) is 0 Å². The molecule has 1 N–H and O–H groups in total. The molecule has 0 saturated heterocycles. The Hall–Kier alpha value is -2.50. The van der Waals surface area contributed by atoms with Gasteiger partial charge in [-0.15, -0.1) is 0 Å². The zero-order valence-corrected chi connectivity index (χ0v) is 24.4. The molecule has 7 nitrogen and oxygen atoms in total. The van der Waals surface area contributed by atoms with E-state index in [-0.39, 0.29) is 43.6 Å². The molecule has 0 heterocycles. The number of hydrogen-bond acceptors (Lipinski definition) is 4. The van der Waals surface area contributed by atoms with Gasteiger partial charge in [0.05, 0.1) is 17.5 Å². The van der Waals surface area contributed by atoms with Gasteiger partial charge in [0.25, 0.3) is 0 Å². The summed E-state index contributed by atoms with van der Waals surface area (Å²) in [6.07, 6.45) is -3.26. The zero-order valence-electron chi connectivity index (χ0n) is 22.1. The van der Waals surface area contributed by atoms with Crippen LogP contribution in [-0.4, -0.2) is 50.0 Å². The van der Waals surface area contributed by atoms with Crippen molar-refractivity contribution in [3.05, 3.63) is 63.6 Å². The maximum Gasteiger partial charge on any atom is 0.416 e. The lowest BCUT2D eigenvalue weighted by Gasteiger charge is -2.30. The van der Waals surface area contributed by atoms with Gasteiger partial charge in [-0.25, -0.2) is 8.42 Å². The van der Waals surface area contributed by atoms with Crippen molar-refractivity contribution in [2.24, 2.45) is 0 Å². The Morgan fingerprint density at radius 3 is 2.31 bits per heavy atom. The molecule has 2 amide bonds. The van der Waals surface area contributed by atoms with Crippen molar-refractivity contribution in [2.45, 2.75) is 64.8 Å². The van der Waals surface area contributed by atoms with E-state index in [0.29, 0.717) is 22.0 Å². The van der Waals surface area contributed by atoms with Gasteiger partial charge in [-0.05, 0) is 62.6 Å². The van der Waals surface area contributed by atoms with Gasteiger partial charge < -0.3 is 10.2 Å². The third-order valence-electron chi connectivity index (χ3n) is 6.14. The second-order valence-electron chi connectivity index (χ2n) is 9.24. The Bertz CT molecular complexity index is 1280. The fourth-order valence-corrected chi connectivity index (χ4v) is 5.15. The predicted molar refractivity (Wildman–Crippen MR) is 147 cm³/mol. The molecule has 0 saturated carbocycles. The van der Waals surface area contributed by atoms with E-state index < -0.39 is 33.7 Å². The van der Waals surface area contributed by atoms with E-state index in [0.717, 1.165) is 28.8 Å². The maximum absolute atomic E-state index is 13.3. The molecule has 0 radical (unpaired) electrons. The third-order valence-corrected chi connectivity index (χ3v) is 7.92. The van der Waals surface area contributed by atoms with Crippen molar-refractivity contribution < 1.29 is 31.2 Å². The number of carbonyl (C=O) groups is 2. The van der Waals surface area contributed by atoms with Crippen LogP contribution in [0.5, 0.6) is 0 Å². The minimum absolute atomic E-state index is 0.00660. The van der Waals surface area contributed by atoms with E-state index in [2.05, 4.69) is 5.32 Å². The van der Waals surface area contributed by atoms with Gasteiger partial charge in [-0.2, -0.15) is 13.2 Å². The SMILES string of the molecule is CC[C@H](C)NC(=O)[C@H](C)N(Cc1ccc(Cl)cc1Cl)C(=O)CCCN(c1cccc(C(F)(F)F)c1)S(C)(=O)=O. The highest BCUT2D eigenvalue weighted by atomic mass is 35.5. The normalized spacial score (nSPS) is 13.5. The first-order chi connectivity index (χ1) is 18.0. The molecule has 39 heavy (non-hydrogen) atoms. The van der Waals surface area contributed by atoms with Crippen LogP contribution in [0.15, 0.2) is 42.5 Å². The van der Waals surface area contributed by atoms with Crippen molar-refractivity contribution in [1.82, 2.24) is 10.2 Å². The van der Waals surface area contributed by atoms with E-state index in [9.17, 15) is 31.2 Å². The largest absolute Gasteiger partial charge is 0.416 e. The third kappa shape index (κ3) is 9.58. The molecule has 2 aromatic rings. The van der Waals surface area contributed by atoms with Crippen molar-refractivity contribution >= 4 is 50.7 Å². The molecule has 0 unspecified atom stereocenters. The van der Waals surface area contributed by atoms with E-state index in [1.54, 1.807) is 19.1 Å². The van der Waals surface area contributed by atoms with Crippen molar-refractivity contribution in [3.63, 3.8) is 0 Å². The van der Waals surface area contributed by atoms with Gasteiger partial charge in [-0.3, -0.25) is 13.9 Å². The monoisotopic (exact) mass is 609 g/mol. The number of anilines is 1. The molecule has 2 aromatic carbocycles. The molecular formula is C26H32Cl2F3N3O4S. The molecule has 0 aliphatic carbocycles. The van der Waals surface area contributed by atoms with E-state index >= 15 is 0 Å². The van der Waals surface area contributed by atoms with Crippen LogP contribution >= 0.6 is 23.2 Å². The van der Waals surface area contributed by atoms with Gasteiger partial charge in [0, 0.05) is 35.6 Å². The topological polar surface area (TPSA) is 86.8 Å². The summed E-state index contributed by atoms with van der Waals surface area (Å²) in [5.74, 6) is -0.824. The van der Waals surface area contributed by atoms with E-state index in [4.69, 9.17) is 23.2 Å². The van der Waals surface area contributed by atoms with Crippen LogP contribution < -0.4 is 9.62 Å². The van der Waals surface area contributed by atoms with Crippen molar-refractivity contribution in [2.75, 3.05) is 17.1 Å². The van der Waals surface area contributed by atoms with E-state index in [1.807, 2.05) is 13.8 Å². The summed E-state index contributed by atoms with van der Waals surface area (Å²) in [5, 5.41) is 3.55. The van der Waals surface area contributed by atoms with Crippen LogP contribution in [0.25, 0.3) is 0 Å². The summed E-state index contributed by atoms with van der Waals surface area (Å²) in [6, 6.07) is 7.74. The Balaban J connectivity index is 2.25. The number of nitrogens with one attached hydrogen (secondary N) is 1. The first kappa shape index (κ1) is 32.7. The van der Waals surface area contributed by atoms with Crippen LogP contribution in [0.1, 0.15) is 51.2 Å². The lowest BCUT2D eigenvalue weighted by Crippen LogP contribution is -2.49. The van der Waals surface area contributed by atoms with Crippen molar-refractivity contribution in [3.8, 4) is 0 Å². The maximum atomic E-state index is 13.3. The molecule has 216 valence electrons. The summed E-state index contributed by atoms with van der Waals surface area (Å²) in [6.45, 7) is 5.07. The number of alkyl halides is 3. The highest BCUT2D eigenvalue weighted by Crippen LogP contribution is 2.32. The quantitative estimate of drug-likeness (QED) is 0.325. The van der Waals surface area contributed by atoms with E-state index in [1.165, 1.54) is 17.0 Å². The number of halogens is 5. The molecule has 0 aliphatic rings. The standard InChI is InChI=1S/C26H32Cl2F3N3O4S/c1-5-17(2)32-25(36)18(3)33(16-19-11-12-21(27)15-23(19)28)24(35)10-7-13-34(39(4,37)38)22-9-6-8-20(14-22)26(29,30)31/h6,8-9,11-12,14-15,17-18H,5,7,10,13,16H2,1-4H3,(H,32,36)/t17-,18-/m0/s1. The predicted octanol–water partition coefficient (Wildman–Crippen LogP) is 5.89. The number of rotatable bonds is 12. The zero-order chi connectivity index (χ0) is 29.5. The number of hydrogen-bond donors (Lipinski definition) is 1. The molecule has 0 spiro atoms. The summed E-state index contributed by atoms with van der Waals surface area (Å²) >= 11 is 12.3. The van der Waals surface area contributed by atoms with Crippen LogP contribution in [0.2, 0.25) is 10.0 Å². The average Bonchev–Trinajstić information content (AvgIpc) is 2.84. The molecule has 0 fully saturated rings. The van der Waals surface area contributed by atoms with Gasteiger partial charge >= 0.3 is 6.18 Å². The fraction of sp³-hybridized carbons (Fsp3) is 0.462. The Morgan fingerprint density at radius 2 is 1.74 bits per heavy atom. The first-order valence-electron chi connectivity index (χ1n) is 12.2. The van der Waals surface area contributed by atoms with Crippen LogP contribution in [0, 0.1) is 0 Å². The number of amides is 2. The van der Waals surface area contributed by atoms with Crippen molar-refractivity contribution in [1.29, 1.82) is 0 Å². The summed E-state index contributed by atoms with van der Waals surface area (Å²) in [5.41, 5.74) is -0.595. The van der Waals surface area contributed by atoms with Crippen LogP contribution in [0.4, 0.5) is 18.9 Å². The summed E-state index contributed by atoms with van der Waals surface area (Å²) in [7, 11) is -3.96. The highest BCUT2D eigenvalue weighted by Gasteiger charge is 2.32. The molecule has 13 heteroatoms. The summed E-state index contributed by atoms with van der Waals surface area (Å²) in [4.78, 5) is 27.5. The number of carbonyl (C=O) groups excluding carboxylic acids is 2. The number of sulfonamides is 1. The average molecular weight is 611 g/mol. The van der Waals surface area contributed by atoms with Gasteiger partial charge in [0.15, 0.2) is 0 Å². The fourth-order valence-electron chi connectivity index (χ4n) is 3.72. The minimum atomic E-state index is -4.65. The molecule has 0 bridgehead atoms. The number of nitrogens with zero attached hydrogens (tertiary/aromatic N) is 2. The van der Waals surface area contributed by atoms with Gasteiger partial charge in [-0.1, -0.05) is 42.3 Å². The lowest BCUT2D eigenvalue weighted by molar-refractivity contribution is -0.140. The molecule has 2 rings (SSSR count). The van der Waals surface area contributed by atoms with Gasteiger partial charge in [0.2, 0.25) is 21.8 Å². The molecule has 0 aromatic heterocycles. The number of benzene rings is 2.